The number of allylic oxidation sites excluding steroid dienone is 4. The van der Waals surface area contributed by atoms with Crippen molar-refractivity contribution in [1.82, 2.24) is 5.32 Å². The standard InChI is InChI=1S/C19H18ClFN2O/c1-10-11(9-22)16(17-12(20)5-4-6-13(17)21)18-14(23-10)7-19(2,3)8-15(18)24/h4-6,16,23H,7-8H2,1-3H3. The second-order valence-electron chi connectivity index (χ2n) is 7.18. The SMILES string of the molecule is CC1=C(C#N)C(c2c(F)cccc2Cl)C2=C(CC(C)(C)CC2=O)N1. The molecule has 0 spiro atoms. The van der Waals surface area contributed by atoms with E-state index in [9.17, 15) is 14.4 Å². The Morgan fingerprint density at radius 2 is 2.08 bits per heavy atom. The number of benzene rings is 1. The highest BCUT2D eigenvalue weighted by Crippen LogP contribution is 2.48. The lowest BCUT2D eigenvalue weighted by molar-refractivity contribution is -0.118. The van der Waals surface area contributed by atoms with Crippen LogP contribution in [0.15, 0.2) is 40.7 Å². The minimum absolute atomic E-state index is 0.0571. The third-order valence-corrected chi connectivity index (χ3v) is 4.98. The molecule has 0 fully saturated rings. The van der Waals surface area contributed by atoms with E-state index in [-0.39, 0.29) is 21.8 Å². The summed E-state index contributed by atoms with van der Waals surface area (Å²) < 4.78 is 14.5. The quantitative estimate of drug-likeness (QED) is 0.809. The molecule has 1 unspecified atom stereocenters. The summed E-state index contributed by atoms with van der Waals surface area (Å²) in [6.45, 7) is 5.83. The van der Waals surface area contributed by atoms with Gasteiger partial charge in [0, 0.05) is 34.0 Å². The van der Waals surface area contributed by atoms with Gasteiger partial charge in [0.05, 0.1) is 17.6 Å². The van der Waals surface area contributed by atoms with E-state index in [0.717, 1.165) is 5.70 Å². The molecule has 3 rings (SSSR count). The van der Waals surface area contributed by atoms with E-state index in [1.165, 1.54) is 12.1 Å². The molecule has 0 bridgehead atoms. The molecule has 1 aromatic carbocycles. The van der Waals surface area contributed by atoms with Crippen LogP contribution < -0.4 is 5.32 Å². The predicted octanol–water partition coefficient (Wildman–Crippen LogP) is 4.61. The van der Waals surface area contributed by atoms with Crippen LogP contribution in [0.2, 0.25) is 5.02 Å². The maximum absolute atomic E-state index is 14.5. The molecule has 24 heavy (non-hydrogen) atoms. The van der Waals surface area contributed by atoms with Crippen molar-refractivity contribution in [3.05, 3.63) is 57.1 Å². The van der Waals surface area contributed by atoms with Crippen LogP contribution in [-0.4, -0.2) is 5.78 Å². The molecule has 3 nitrogen and oxygen atoms in total. The Morgan fingerprint density at radius 1 is 1.38 bits per heavy atom. The smallest absolute Gasteiger partial charge is 0.162 e. The normalized spacial score (nSPS) is 22.8. The first-order valence-electron chi connectivity index (χ1n) is 7.83. The highest BCUT2D eigenvalue weighted by molar-refractivity contribution is 6.31. The molecule has 1 N–H and O–H groups in total. The number of halogens is 2. The highest BCUT2D eigenvalue weighted by atomic mass is 35.5. The van der Waals surface area contributed by atoms with Crippen LogP contribution in [0.25, 0.3) is 0 Å². The van der Waals surface area contributed by atoms with Gasteiger partial charge in [-0.3, -0.25) is 4.79 Å². The Bertz CT molecular complexity index is 825. The zero-order valence-corrected chi connectivity index (χ0v) is 14.6. The lowest BCUT2D eigenvalue weighted by Crippen LogP contribution is -2.37. The van der Waals surface area contributed by atoms with Gasteiger partial charge in [-0.2, -0.15) is 5.26 Å². The molecule has 1 aliphatic heterocycles. The van der Waals surface area contributed by atoms with Gasteiger partial charge >= 0.3 is 0 Å². The molecule has 1 aliphatic carbocycles. The van der Waals surface area contributed by atoms with Crippen LogP contribution in [0, 0.1) is 22.6 Å². The van der Waals surface area contributed by atoms with Crippen molar-refractivity contribution in [3.8, 4) is 6.07 Å². The van der Waals surface area contributed by atoms with Crippen LogP contribution in [0.5, 0.6) is 0 Å². The third-order valence-electron chi connectivity index (χ3n) is 4.65. The predicted molar refractivity (Wildman–Crippen MR) is 90.6 cm³/mol. The Labute approximate surface area is 145 Å². The van der Waals surface area contributed by atoms with Gasteiger partial charge in [0.2, 0.25) is 0 Å². The second-order valence-corrected chi connectivity index (χ2v) is 7.58. The lowest BCUT2D eigenvalue weighted by Gasteiger charge is -2.38. The molecule has 0 aromatic heterocycles. The molecule has 1 aromatic rings. The number of carbonyl (C=O) groups excluding carboxylic acids is 1. The fourth-order valence-corrected chi connectivity index (χ4v) is 3.93. The maximum Gasteiger partial charge on any atom is 0.162 e. The van der Waals surface area contributed by atoms with E-state index in [2.05, 4.69) is 11.4 Å². The number of hydrogen-bond acceptors (Lipinski definition) is 3. The summed E-state index contributed by atoms with van der Waals surface area (Å²) in [7, 11) is 0. The highest BCUT2D eigenvalue weighted by Gasteiger charge is 2.42. The Morgan fingerprint density at radius 3 is 2.71 bits per heavy atom. The number of carbonyl (C=O) groups is 1. The monoisotopic (exact) mass is 344 g/mol. The molecule has 5 heteroatoms. The lowest BCUT2D eigenvalue weighted by atomic mass is 9.69. The minimum atomic E-state index is -0.747. The first-order chi connectivity index (χ1) is 11.2. The average Bonchev–Trinajstić information content (AvgIpc) is 2.44. The summed E-state index contributed by atoms with van der Waals surface area (Å²) in [5.41, 5.74) is 2.27. The van der Waals surface area contributed by atoms with E-state index >= 15 is 0 Å². The molecular formula is C19H18ClFN2O. The topological polar surface area (TPSA) is 52.9 Å². The molecule has 0 saturated heterocycles. The van der Waals surface area contributed by atoms with Crippen molar-refractivity contribution in [2.24, 2.45) is 5.41 Å². The van der Waals surface area contributed by atoms with E-state index in [1.807, 2.05) is 13.8 Å². The molecule has 0 radical (unpaired) electrons. The number of ketones is 1. The fraction of sp³-hybridized carbons (Fsp3) is 0.368. The molecule has 2 aliphatic rings. The van der Waals surface area contributed by atoms with E-state index in [1.54, 1.807) is 13.0 Å². The van der Waals surface area contributed by atoms with Gasteiger partial charge in [0.1, 0.15) is 5.82 Å². The first kappa shape index (κ1) is 16.7. The summed E-state index contributed by atoms with van der Waals surface area (Å²) in [5, 5.41) is 13.0. The number of dihydropyridines is 1. The van der Waals surface area contributed by atoms with Gasteiger partial charge in [0.15, 0.2) is 5.78 Å². The van der Waals surface area contributed by atoms with Crippen molar-refractivity contribution in [2.75, 3.05) is 0 Å². The van der Waals surface area contributed by atoms with E-state index in [4.69, 9.17) is 11.6 Å². The number of nitrogens with zero attached hydrogens (tertiary/aromatic N) is 1. The van der Waals surface area contributed by atoms with Crippen LogP contribution in [-0.2, 0) is 4.79 Å². The van der Waals surface area contributed by atoms with Crippen LogP contribution in [0.3, 0.4) is 0 Å². The van der Waals surface area contributed by atoms with Crippen molar-refractivity contribution < 1.29 is 9.18 Å². The molecule has 1 heterocycles. The molecular weight excluding hydrogens is 327 g/mol. The third kappa shape index (κ3) is 2.63. The van der Waals surface area contributed by atoms with Crippen molar-refractivity contribution in [1.29, 1.82) is 5.26 Å². The van der Waals surface area contributed by atoms with Crippen molar-refractivity contribution in [3.63, 3.8) is 0 Å². The molecule has 1 atom stereocenters. The van der Waals surface area contributed by atoms with Gasteiger partial charge in [-0.1, -0.05) is 31.5 Å². The zero-order valence-electron chi connectivity index (χ0n) is 13.8. The van der Waals surface area contributed by atoms with E-state index in [0.29, 0.717) is 29.7 Å². The molecule has 0 saturated carbocycles. The Balaban J connectivity index is 2.27. The number of nitriles is 1. The van der Waals surface area contributed by atoms with Gasteiger partial charge in [-0.05, 0) is 30.9 Å². The molecule has 0 amide bonds. The van der Waals surface area contributed by atoms with Crippen LogP contribution in [0.4, 0.5) is 4.39 Å². The van der Waals surface area contributed by atoms with Crippen molar-refractivity contribution in [2.45, 2.75) is 39.5 Å². The zero-order chi connectivity index (χ0) is 17.6. The fourth-order valence-electron chi connectivity index (χ4n) is 3.66. The van der Waals surface area contributed by atoms with E-state index < -0.39 is 11.7 Å². The van der Waals surface area contributed by atoms with Crippen molar-refractivity contribution >= 4 is 17.4 Å². The number of nitrogens with one attached hydrogen (secondary N) is 1. The molecule has 124 valence electrons. The summed E-state index contributed by atoms with van der Waals surface area (Å²) in [6, 6.07) is 6.55. The second kappa shape index (κ2) is 5.75. The average molecular weight is 345 g/mol. The number of rotatable bonds is 1. The van der Waals surface area contributed by atoms with Gasteiger partial charge in [-0.25, -0.2) is 4.39 Å². The number of Topliss-reactive ketones (excluding diaryl/α,β-unsaturated/α-hetero) is 1. The summed E-state index contributed by atoms with van der Waals surface area (Å²) in [5.74, 6) is -1.30. The summed E-state index contributed by atoms with van der Waals surface area (Å²) in [4.78, 5) is 12.8. The van der Waals surface area contributed by atoms with Crippen LogP contribution >= 0.6 is 11.6 Å². The van der Waals surface area contributed by atoms with Crippen LogP contribution in [0.1, 0.15) is 45.1 Å². The Kier molecular flexibility index (Phi) is 4.01. The van der Waals surface area contributed by atoms with Gasteiger partial charge in [-0.15, -0.1) is 0 Å². The summed E-state index contributed by atoms with van der Waals surface area (Å²) >= 11 is 6.24. The Hall–Kier alpha value is -2.12. The largest absolute Gasteiger partial charge is 0.361 e. The van der Waals surface area contributed by atoms with Gasteiger partial charge in [0.25, 0.3) is 0 Å². The van der Waals surface area contributed by atoms with Gasteiger partial charge < -0.3 is 5.32 Å². The summed E-state index contributed by atoms with van der Waals surface area (Å²) in [6.07, 6.45) is 1.04. The maximum atomic E-state index is 14.5. The number of hydrogen-bond donors (Lipinski definition) is 1. The minimum Gasteiger partial charge on any atom is -0.361 e. The first-order valence-corrected chi connectivity index (χ1v) is 8.21.